The van der Waals surface area contributed by atoms with Gasteiger partial charge in [0.2, 0.25) is 10.0 Å². The van der Waals surface area contributed by atoms with E-state index in [2.05, 4.69) is 14.7 Å². The summed E-state index contributed by atoms with van der Waals surface area (Å²) in [4.78, 5) is 43.6. The van der Waals surface area contributed by atoms with Gasteiger partial charge in [-0.2, -0.15) is 0 Å². The van der Waals surface area contributed by atoms with E-state index in [1.54, 1.807) is 40.0 Å². The number of aliphatic carboxylic acids is 1. The van der Waals surface area contributed by atoms with E-state index in [0.717, 1.165) is 5.56 Å². The van der Waals surface area contributed by atoms with Crippen LogP contribution < -0.4 is 10.3 Å². The van der Waals surface area contributed by atoms with Gasteiger partial charge in [-0.15, -0.1) is 0 Å². The molecular formula is C26H34N4O7S. The van der Waals surface area contributed by atoms with Gasteiger partial charge in [-0.1, -0.05) is 0 Å². The number of aromatic nitrogens is 2. The van der Waals surface area contributed by atoms with Crippen molar-refractivity contribution in [2.75, 3.05) is 13.1 Å². The van der Waals surface area contributed by atoms with Crippen molar-refractivity contribution in [3.63, 3.8) is 0 Å². The quantitative estimate of drug-likeness (QED) is 0.298. The van der Waals surface area contributed by atoms with E-state index in [1.807, 2.05) is 4.90 Å². The molecular weight excluding hydrogens is 512 g/mol. The zero-order valence-electron chi connectivity index (χ0n) is 22.0. The Morgan fingerprint density at radius 3 is 2.71 bits per heavy atom. The number of esters is 1. The Bertz CT molecular complexity index is 1530. The maximum absolute atomic E-state index is 13.3. The summed E-state index contributed by atoms with van der Waals surface area (Å²) in [6.45, 7) is 8.09. The molecule has 4 rings (SSSR count). The minimum absolute atomic E-state index is 0.0116. The molecule has 1 aromatic carbocycles. The minimum atomic E-state index is -3.91. The third kappa shape index (κ3) is 6.08. The van der Waals surface area contributed by atoms with Crippen molar-refractivity contribution in [1.29, 1.82) is 0 Å². The maximum atomic E-state index is 13.3. The first-order valence-electron chi connectivity index (χ1n) is 12.6. The number of aryl methyl sites for hydroxylation is 1. The Balaban J connectivity index is 1.56. The number of hydrogen-bond acceptors (Lipinski definition) is 7. The third-order valence-electron chi connectivity index (χ3n) is 6.68. The highest BCUT2D eigenvalue weighted by atomic mass is 32.2. The largest absolute Gasteiger partial charge is 0.481 e. The van der Waals surface area contributed by atoms with E-state index in [-0.39, 0.29) is 28.9 Å². The molecule has 1 aliphatic rings. The highest BCUT2D eigenvalue weighted by molar-refractivity contribution is 7.89. The van der Waals surface area contributed by atoms with Crippen LogP contribution in [0, 0.1) is 0 Å². The summed E-state index contributed by atoms with van der Waals surface area (Å²) in [5.74, 6) is -1.25. The lowest BCUT2D eigenvalue weighted by Gasteiger charge is -2.27. The second kappa shape index (κ2) is 10.5. The van der Waals surface area contributed by atoms with Gasteiger partial charge >= 0.3 is 11.9 Å². The average molecular weight is 547 g/mol. The number of carbonyl (C=O) groups is 2. The number of aromatic amines is 2. The molecule has 2 atom stereocenters. The van der Waals surface area contributed by atoms with Crippen LogP contribution in [0.25, 0.3) is 21.8 Å². The monoisotopic (exact) mass is 546 g/mol. The zero-order chi connectivity index (χ0) is 27.8. The van der Waals surface area contributed by atoms with Crippen molar-refractivity contribution in [1.82, 2.24) is 19.6 Å². The normalized spacial score (nSPS) is 17.7. The molecule has 0 bridgehead atoms. The first-order chi connectivity index (χ1) is 17.7. The summed E-state index contributed by atoms with van der Waals surface area (Å²) in [7, 11) is -3.91. The number of pyridine rings is 1. The van der Waals surface area contributed by atoms with Gasteiger partial charge in [0.1, 0.15) is 17.2 Å². The Labute approximate surface area is 220 Å². The van der Waals surface area contributed by atoms with E-state index in [0.29, 0.717) is 54.2 Å². The number of hydrogen-bond donors (Lipinski definition) is 4. The van der Waals surface area contributed by atoms with E-state index in [4.69, 9.17) is 9.84 Å². The van der Waals surface area contributed by atoms with Gasteiger partial charge in [-0.3, -0.25) is 19.3 Å². The predicted octanol–water partition coefficient (Wildman–Crippen LogP) is 2.50. The summed E-state index contributed by atoms with van der Waals surface area (Å²) >= 11 is 0. The van der Waals surface area contributed by atoms with Gasteiger partial charge in [0.15, 0.2) is 0 Å². The SMILES string of the molecule is CC(C(=O)OC(C)(C)C)N1CCC(NS(=O)(=O)c2ccc3[nH]c(=O)c4[nH]cc(CCCC(=O)O)c4c3c2)C1. The van der Waals surface area contributed by atoms with E-state index in [9.17, 15) is 22.8 Å². The summed E-state index contributed by atoms with van der Waals surface area (Å²) < 4.78 is 34.9. The number of sulfonamides is 1. The number of H-pyrrole nitrogens is 2. The summed E-state index contributed by atoms with van der Waals surface area (Å²) in [6, 6.07) is 3.65. The van der Waals surface area contributed by atoms with Gasteiger partial charge < -0.3 is 19.8 Å². The number of fused-ring (bicyclic) bond motifs is 3. The number of carboxylic acids is 1. The lowest BCUT2D eigenvalue weighted by Crippen LogP contribution is -2.43. The summed E-state index contributed by atoms with van der Waals surface area (Å²) in [5.41, 5.74) is 0.609. The van der Waals surface area contributed by atoms with Gasteiger partial charge in [0, 0.05) is 48.0 Å². The average Bonchev–Trinajstić information content (AvgIpc) is 3.44. The molecule has 0 amide bonds. The highest BCUT2D eigenvalue weighted by Gasteiger charge is 2.34. The molecule has 1 aliphatic heterocycles. The van der Waals surface area contributed by atoms with E-state index < -0.39 is 27.6 Å². The number of ether oxygens (including phenoxy) is 1. The van der Waals surface area contributed by atoms with Crippen LogP contribution in [0.2, 0.25) is 0 Å². The van der Waals surface area contributed by atoms with Crippen LogP contribution in [0.3, 0.4) is 0 Å². The van der Waals surface area contributed by atoms with Crippen molar-refractivity contribution in [2.45, 2.75) is 76.0 Å². The molecule has 12 heteroatoms. The number of rotatable bonds is 9. The minimum Gasteiger partial charge on any atom is -0.481 e. The molecule has 0 aliphatic carbocycles. The Hall–Kier alpha value is -3.22. The predicted molar refractivity (Wildman–Crippen MR) is 143 cm³/mol. The van der Waals surface area contributed by atoms with Crippen LogP contribution in [0.1, 0.15) is 52.5 Å². The lowest BCUT2D eigenvalue weighted by molar-refractivity contribution is -0.160. The van der Waals surface area contributed by atoms with Crippen LogP contribution in [0.5, 0.6) is 0 Å². The fraction of sp³-hybridized carbons (Fsp3) is 0.500. The molecule has 206 valence electrons. The molecule has 4 N–H and O–H groups in total. The van der Waals surface area contributed by atoms with Gasteiger partial charge in [-0.05, 0) is 70.7 Å². The number of likely N-dealkylation sites (tertiary alicyclic amines) is 1. The van der Waals surface area contributed by atoms with E-state index in [1.165, 1.54) is 12.1 Å². The Kier molecular flexibility index (Phi) is 7.69. The number of nitrogens with zero attached hydrogens (tertiary/aromatic N) is 1. The second-order valence-electron chi connectivity index (χ2n) is 10.8. The fourth-order valence-corrected chi connectivity index (χ4v) is 6.12. The smallest absolute Gasteiger partial charge is 0.323 e. The molecule has 2 unspecified atom stereocenters. The molecule has 3 heterocycles. The molecule has 2 aromatic heterocycles. The molecule has 1 saturated heterocycles. The number of carbonyl (C=O) groups excluding carboxylic acids is 1. The van der Waals surface area contributed by atoms with Crippen LogP contribution in [-0.2, 0) is 30.8 Å². The summed E-state index contributed by atoms with van der Waals surface area (Å²) in [6.07, 6.45) is 3.01. The first-order valence-corrected chi connectivity index (χ1v) is 14.1. The maximum Gasteiger partial charge on any atom is 0.323 e. The molecule has 1 fully saturated rings. The van der Waals surface area contributed by atoms with Gasteiger partial charge in [0.25, 0.3) is 5.56 Å². The standard InChI is InChI=1S/C26H34N4O7S/c1-15(25(34)37-26(2,3)4)30-11-10-17(14-30)29-38(35,36)18-8-9-20-19(12-18)22-16(6-5-7-21(31)32)13-27-23(22)24(33)28-20/h8-9,12-13,15,17,27,29H,5-7,10-11,14H2,1-4H3,(H,28,33)(H,31,32). The van der Waals surface area contributed by atoms with Crippen LogP contribution >= 0.6 is 0 Å². The van der Waals surface area contributed by atoms with Crippen molar-refractivity contribution < 1.29 is 27.9 Å². The molecule has 38 heavy (non-hydrogen) atoms. The Morgan fingerprint density at radius 2 is 2.03 bits per heavy atom. The molecule has 0 saturated carbocycles. The number of carboxylic acid groups (broad SMARTS) is 1. The fourth-order valence-electron chi connectivity index (χ4n) is 4.83. The van der Waals surface area contributed by atoms with Crippen molar-refractivity contribution in [3.8, 4) is 0 Å². The Morgan fingerprint density at radius 1 is 1.29 bits per heavy atom. The van der Waals surface area contributed by atoms with Crippen LogP contribution in [0.4, 0.5) is 0 Å². The molecule has 0 spiro atoms. The van der Waals surface area contributed by atoms with Crippen LogP contribution in [0.15, 0.2) is 34.1 Å². The van der Waals surface area contributed by atoms with Crippen molar-refractivity contribution >= 4 is 43.8 Å². The molecule has 0 radical (unpaired) electrons. The molecule has 11 nitrogen and oxygen atoms in total. The topological polar surface area (TPSA) is 162 Å². The van der Waals surface area contributed by atoms with Crippen molar-refractivity contribution in [3.05, 3.63) is 40.3 Å². The highest BCUT2D eigenvalue weighted by Crippen LogP contribution is 2.28. The van der Waals surface area contributed by atoms with Gasteiger partial charge in [0.05, 0.1) is 4.90 Å². The zero-order valence-corrected chi connectivity index (χ0v) is 22.8. The van der Waals surface area contributed by atoms with Gasteiger partial charge in [-0.25, -0.2) is 13.1 Å². The van der Waals surface area contributed by atoms with Crippen LogP contribution in [-0.4, -0.2) is 71.1 Å². The molecule has 3 aromatic rings. The number of nitrogens with one attached hydrogen (secondary N) is 3. The van der Waals surface area contributed by atoms with Crippen molar-refractivity contribution in [2.24, 2.45) is 0 Å². The summed E-state index contributed by atoms with van der Waals surface area (Å²) in [5, 5.41) is 10.1. The second-order valence-corrected chi connectivity index (χ2v) is 12.5. The van der Waals surface area contributed by atoms with E-state index >= 15 is 0 Å². The third-order valence-corrected chi connectivity index (χ3v) is 8.20. The number of benzene rings is 1. The lowest BCUT2D eigenvalue weighted by atomic mass is 10.0. The first kappa shape index (κ1) is 27.8.